The lowest BCUT2D eigenvalue weighted by Crippen LogP contribution is -2.25. The summed E-state index contributed by atoms with van der Waals surface area (Å²) >= 11 is 0. The first-order chi connectivity index (χ1) is 9.72. The molecule has 1 atom stereocenters. The van der Waals surface area contributed by atoms with E-state index in [0.29, 0.717) is 5.92 Å². The van der Waals surface area contributed by atoms with Crippen molar-refractivity contribution in [2.24, 2.45) is 7.05 Å². The van der Waals surface area contributed by atoms with E-state index >= 15 is 0 Å². The fourth-order valence-corrected chi connectivity index (χ4v) is 2.55. The van der Waals surface area contributed by atoms with Crippen molar-refractivity contribution in [2.75, 3.05) is 6.54 Å². The smallest absolute Gasteiger partial charge is 0.138 e. The van der Waals surface area contributed by atoms with Crippen LogP contribution in [0.15, 0.2) is 30.6 Å². The van der Waals surface area contributed by atoms with Crippen molar-refractivity contribution < 1.29 is 0 Å². The largest absolute Gasteiger partial charge is 0.313 e. The van der Waals surface area contributed by atoms with Gasteiger partial charge in [0.2, 0.25) is 0 Å². The quantitative estimate of drug-likeness (QED) is 0.875. The van der Waals surface area contributed by atoms with E-state index < -0.39 is 0 Å². The second-order valence-corrected chi connectivity index (χ2v) is 5.80. The summed E-state index contributed by atoms with van der Waals surface area (Å²) in [5.74, 6) is 1.51. The molecule has 1 fully saturated rings. The van der Waals surface area contributed by atoms with Gasteiger partial charge in [0, 0.05) is 32.0 Å². The van der Waals surface area contributed by atoms with Gasteiger partial charge < -0.3 is 5.32 Å². The molecule has 2 aromatic rings. The molecule has 0 spiro atoms. The molecular formula is C16H22N4. The van der Waals surface area contributed by atoms with Gasteiger partial charge in [-0.1, -0.05) is 29.8 Å². The molecule has 0 amide bonds. The highest BCUT2D eigenvalue weighted by Gasteiger charge is 2.23. The Morgan fingerprint density at radius 3 is 2.90 bits per heavy atom. The summed E-state index contributed by atoms with van der Waals surface area (Å²) in [5, 5.41) is 7.82. The highest BCUT2D eigenvalue weighted by atomic mass is 15.3. The number of nitrogens with one attached hydrogen (secondary N) is 1. The number of rotatable bonds is 6. The summed E-state index contributed by atoms with van der Waals surface area (Å²) in [6.07, 6.45) is 5.21. The van der Waals surface area contributed by atoms with Crippen molar-refractivity contribution in [3.05, 3.63) is 47.5 Å². The van der Waals surface area contributed by atoms with Crippen molar-refractivity contribution in [1.82, 2.24) is 20.1 Å². The number of hydrogen-bond donors (Lipinski definition) is 1. The Labute approximate surface area is 120 Å². The van der Waals surface area contributed by atoms with Crippen LogP contribution < -0.4 is 5.32 Å². The van der Waals surface area contributed by atoms with E-state index in [-0.39, 0.29) is 0 Å². The van der Waals surface area contributed by atoms with Crippen molar-refractivity contribution in [3.63, 3.8) is 0 Å². The van der Waals surface area contributed by atoms with E-state index in [9.17, 15) is 0 Å². The Balaban J connectivity index is 1.77. The normalized spacial score (nSPS) is 16.3. The van der Waals surface area contributed by atoms with Crippen molar-refractivity contribution in [1.29, 1.82) is 0 Å². The van der Waals surface area contributed by atoms with Gasteiger partial charge >= 0.3 is 0 Å². The summed E-state index contributed by atoms with van der Waals surface area (Å²) in [4.78, 5) is 4.37. The minimum Gasteiger partial charge on any atom is -0.313 e. The lowest BCUT2D eigenvalue weighted by molar-refractivity contribution is 0.551. The van der Waals surface area contributed by atoms with Gasteiger partial charge in [-0.2, -0.15) is 5.10 Å². The Hall–Kier alpha value is -1.68. The van der Waals surface area contributed by atoms with E-state index in [1.165, 1.54) is 24.0 Å². The number of hydrogen-bond acceptors (Lipinski definition) is 3. The molecule has 106 valence electrons. The first-order valence-electron chi connectivity index (χ1n) is 7.35. The predicted octanol–water partition coefficient (Wildman–Crippen LogP) is 2.20. The van der Waals surface area contributed by atoms with E-state index in [0.717, 1.165) is 24.8 Å². The van der Waals surface area contributed by atoms with Gasteiger partial charge in [0.05, 0.1) is 0 Å². The minimum absolute atomic E-state index is 0.457. The Morgan fingerprint density at radius 1 is 1.40 bits per heavy atom. The summed E-state index contributed by atoms with van der Waals surface area (Å²) in [5.41, 5.74) is 2.71. The Kier molecular flexibility index (Phi) is 3.83. The fraction of sp³-hybridized carbons (Fsp3) is 0.500. The summed E-state index contributed by atoms with van der Waals surface area (Å²) in [7, 11) is 1.96. The van der Waals surface area contributed by atoms with Crippen LogP contribution >= 0.6 is 0 Å². The first kappa shape index (κ1) is 13.3. The van der Waals surface area contributed by atoms with Crippen LogP contribution in [0.1, 0.15) is 35.7 Å². The third kappa shape index (κ3) is 3.25. The highest BCUT2D eigenvalue weighted by Crippen LogP contribution is 2.24. The summed E-state index contributed by atoms with van der Waals surface area (Å²) in [6.45, 7) is 3.16. The lowest BCUT2D eigenvalue weighted by Gasteiger charge is -2.18. The fourth-order valence-electron chi connectivity index (χ4n) is 2.55. The number of nitrogens with zero attached hydrogens (tertiary/aromatic N) is 3. The third-order valence-corrected chi connectivity index (χ3v) is 3.98. The molecule has 1 aromatic heterocycles. The lowest BCUT2D eigenvalue weighted by atomic mass is 9.94. The zero-order valence-corrected chi connectivity index (χ0v) is 12.2. The van der Waals surface area contributed by atoms with Crippen molar-refractivity contribution >= 4 is 0 Å². The van der Waals surface area contributed by atoms with Crippen molar-refractivity contribution in [3.8, 4) is 0 Å². The molecule has 20 heavy (non-hydrogen) atoms. The molecule has 1 aliphatic rings. The zero-order valence-electron chi connectivity index (χ0n) is 12.2. The predicted molar refractivity (Wildman–Crippen MR) is 79.7 cm³/mol. The Morgan fingerprint density at radius 2 is 2.25 bits per heavy atom. The molecule has 1 saturated carbocycles. The van der Waals surface area contributed by atoms with Crippen LogP contribution in [0.3, 0.4) is 0 Å². The molecule has 1 unspecified atom stereocenters. The summed E-state index contributed by atoms with van der Waals surface area (Å²) < 4.78 is 1.87. The maximum absolute atomic E-state index is 4.37. The third-order valence-electron chi connectivity index (χ3n) is 3.98. The molecule has 0 bridgehead atoms. The second kappa shape index (κ2) is 5.75. The molecule has 1 aromatic carbocycles. The topological polar surface area (TPSA) is 42.7 Å². The molecule has 1 N–H and O–H groups in total. The van der Waals surface area contributed by atoms with Crippen LogP contribution in [0, 0.1) is 6.92 Å². The molecule has 0 aliphatic heterocycles. The van der Waals surface area contributed by atoms with Crippen LogP contribution in [0.5, 0.6) is 0 Å². The number of aromatic nitrogens is 3. The molecular weight excluding hydrogens is 248 g/mol. The van der Waals surface area contributed by atoms with Crippen LogP contribution in [0.4, 0.5) is 0 Å². The molecule has 0 saturated heterocycles. The van der Waals surface area contributed by atoms with E-state index in [4.69, 9.17) is 0 Å². The zero-order chi connectivity index (χ0) is 13.9. The monoisotopic (exact) mass is 270 g/mol. The molecule has 1 heterocycles. The average molecular weight is 270 g/mol. The summed E-state index contributed by atoms with van der Waals surface area (Å²) in [6, 6.07) is 9.54. The number of aryl methyl sites for hydroxylation is 2. The molecule has 4 nitrogen and oxygen atoms in total. The SMILES string of the molecule is Cc1cccc(C(CNC2CC2)Cc2ncnn2C)c1. The van der Waals surface area contributed by atoms with Crippen LogP contribution in [-0.4, -0.2) is 27.4 Å². The molecule has 3 rings (SSSR count). The highest BCUT2D eigenvalue weighted by molar-refractivity contribution is 5.26. The van der Waals surface area contributed by atoms with Gasteiger partial charge in [-0.25, -0.2) is 4.98 Å². The van der Waals surface area contributed by atoms with Gasteiger partial charge in [0.1, 0.15) is 12.2 Å². The van der Waals surface area contributed by atoms with Gasteiger partial charge in [0.15, 0.2) is 0 Å². The molecule has 4 heteroatoms. The van der Waals surface area contributed by atoms with Gasteiger partial charge in [-0.15, -0.1) is 0 Å². The van der Waals surface area contributed by atoms with Gasteiger partial charge in [0.25, 0.3) is 0 Å². The van der Waals surface area contributed by atoms with Crippen LogP contribution in [0.2, 0.25) is 0 Å². The average Bonchev–Trinajstić information content (AvgIpc) is 3.18. The standard InChI is InChI=1S/C16H22N4/c1-12-4-3-5-13(8-12)14(10-17-15-6-7-15)9-16-18-11-19-20(16)2/h3-5,8,11,14-15,17H,6-7,9-10H2,1-2H3. The molecule has 1 aliphatic carbocycles. The maximum atomic E-state index is 4.37. The van der Waals surface area contributed by atoms with E-state index in [1.54, 1.807) is 6.33 Å². The number of benzene rings is 1. The second-order valence-electron chi connectivity index (χ2n) is 5.80. The first-order valence-corrected chi connectivity index (χ1v) is 7.35. The van der Waals surface area contributed by atoms with Gasteiger partial charge in [-0.05, 0) is 25.3 Å². The van der Waals surface area contributed by atoms with E-state index in [1.807, 2.05) is 11.7 Å². The minimum atomic E-state index is 0.457. The van der Waals surface area contributed by atoms with E-state index in [2.05, 4.69) is 46.6 Å². The van der Waals surface area contributed by atoms with Gasteiger partial charge in [-0.3, -0.25) is 4.68 Å². The Bertz CT molecular complexity index is 571. The van der Waals surface area contributed by atoms with Crippen LogP contribution in [0.25, 0.3) is 0 Å². The molecule has 0 radical (unpaired) electrons. The maximum Gasteiger partial charge on any atom is 0.138 e. The van der Waals surface area contributed by atoms with Crippen LogP contribution in [-0.2, 0) is 13.5 Å². The van der Waals surface area contributed by atoms with Crippen molar-refractivity contribution in [2.45, 2.75) is 38.1 Å².